The minimum atomic E-state index is 0.430. The second kappa shape index (κ2) is 11.4. The average molecular weight is 636 g/mol. The minimum Gasteiger partial charge on any atom is -0.309 e. The van der Waals surface area contributed by atoms with Crippen molar-refractivity contribution >= 4 is 43.6 Å². The van der Waals surface area contributed by atoms with Gasteiger partial charge in [-0.2, -0.15) is 15.8 Å². The molecular weight excluding hydrogens is 611 g/mol. The van der Waals surface area contributed by atoms with E-state index in [0.717, 1.165) is 60.9 Å². The van der Waals surface area contributed by atoms with Crippen LogP contribution in [-0.2, 0) is 0 Å². The Labute approximate surface area is 287 Å². The van der Waals surface area contributed by atoms with E-state index in [0.29, 0.717) is 22.3 Å². The van der Waals surface area contributed by atoms with E-state index in [9.17, 15) is 15.8 Å². The SMILES string of the molecule is N#Cc1ccc2c(c1)c1ccccc1n2-c1ccccc1-c1cc(C#N)c(-c2ccc(-n3c4ccccc4c4ccccc43)cc2)c(C#N)c1. The Morgan fingerprint density at radius 3 is 1.52 bits per heavy atom. The van der Waals surface area contributed by atoms with E-state index in [1.54, 1.807) is 0 Å². The third-order valence-electron chi connectivity index (χ3n) is 9.63. The molecule has 0 unspecified atom stereocenters. The lowest BCUT2D eigenvalue weighted by atomic mass is 9.90. The van der Waals surface area contributed by atoms with Crippen LogP contribution >= 0.6 is 0 Å². The van der Waals surface area contributed by atoms with Gasteiger partial charge in [-0.1, -0.05) is 84.9 Å². The monoisotopic (exact) mass is 635 g/mol. The molecule has 50 heavy (non-hydrogen) atoms. The van der Waals surface area contributed by atoms with Crippen LogP contribution in [0, 0.1) is 34.0 Å². The zero-order valence-electron chi connectivity index (χ0n) is 26.7. The fourth-order valence-electron chi connectivity index (χ4n) is 7.48. The van der Waals surface area contributed by atoms with Gasteiger partial charge in [0.1, 0.15) is 0 Å². The van der Waals surface area contributed by atoms with Crippen LogP contribution in [-0.4, -0.2) is 9.13 Å². The number of nitrogens with zero attached hydrogens (tertiary/aromatic N) is 5. The normalized spacial score (nSPS) is 11.1. The molecular formula is C45H25N5. The van der Waals surface area contributed by atoms with Gasteiger partial charge in [-0.15, -0.1) is 0 Å². The van der Waals surface area contributed by atoms with Crippen molar-refractivity contribution in [3.63, 3.8) is 0 Å². The third-order valence-corrected chi connectivity index (χ3v) is 9.63. The fourth-order valence-corrected chi connectivity index (χ4v) is 7.48. The van der Waals surface area contributed by atoms with Gasteiger partial charge in [-0.25, -0.2) is 0 Å². The number of hydrogen-bond donors (Lipinski definition) is 0. The van der Waals surface area contributed by atoms with Crippen molar-refractivity contribution in [3.05, 3.63) is 168 Å². The molecule has 0 aliphatic heterocycles. The Hall–Kier alpha value is -7.39. The third kappa shape index (κ3) is 4.31. The van der Waals surface area contributed by atoms with E-state index in [1.165, 1.54) is 10.8 Å². The van der Waals surface area contributed by atoms with Crippen LogP contribution in [0.25, 0.3) is 77.2 Å². The minimum absolute atomic E-state index is 0.430. The summed E-state index contributed by atoms with van der Waals surface area (Å²) in [4.78, 5) is 0. The summed E-state index contributed by atoms with van der Waals surface area (Å²) >= 11 is 0. The van der Waals surface area contributed by atoms with Crippen molar-refractivity contribution in [1.29, 1.82) is 15.8 Å². The van der Waals surface area contributed by atoms with Crippen molar-refractivity contribution < 1.29 is 0 Å². The average Bonchev–Trinajstić information content (AvgIpc) is 3.70. The maximum absolute atomic E-state index is 10.5. The molecule has 0 radical (unpaired) electrons. The molecule has 230 valence electrons. The van der Waals surface area contributed by atoms with Gasteiger partial charge in [-0.05, 0) is 77.9 Å². The van der Waals surface area contributed by atoms with E-state index in [1.807, 2.05) is 72.8 Å². The number of nitriles is 3. The van der Waals surface area contributed by atoms with E-state index in [2.05, 4.69) is 106 Å². The summed E-state index contributed by atoms with van der Waals surface area (Å²) in [6.07, 6.45) is 0. The second-order valence-corrected chi connectivity index (χ2v) is 12.3. The first-order valence-corrected chi connectivity index (χ1v) is 16.3. The Kier molecular flexibility index (Phi) is 6.56. The maximum atomic E-state index is 10.5. The highest BCUT2D eigenvalue weighted by molar-refractivity contribution is 6.11. The first-order valence-electron chi connectivity index (χ1n) is 16.3. The van der Waals surface area contributed by atoms with Crippen LogP contribution in [0.5, 0.6) is 0 Å². The van der Waals surface area contributed by atoms with Gasteiger partial charge in [0.05, 0.1) is 62.7 Å². The summed E-state index contributed by atoms with van der Waals surface area (Å²) < 4.78 is 4.45. The van der Waals surface area contributed by atoms with Crippen molar-refractivity contribution in [1.82, 2.24) is 9.13 Å². The number of hydrogen-bond acceptors (Lipinski definition) is 3. The first-order chi connectivity index (χ1) is 24.7. The highest BCUT2D eigenvalue weighted by Crippen LogP contribution is 2.39. The first kappa shape index (κ1) is 28.8. The molecule has 9 rings (SSSR count). The van der Waals surface area contributed by atoms with Gasteiger partial charge >= 0.3 is 0 Å². The molecule has 0 aliphatic rings. The molecule has 2 heterocycles. The topological polar surface area (TPSA) is 81.2 Å². The van der Waals surface area contributed by atoms with Crippen LogP contribution < -0.4 is 0 Å². The van der Waals surface area contributed by atoms with Crippen LogP contribution in [0.2, 0.25) is 0 Å². The molecule has 5 heteroatoms. The zero-order chi connectivity index (χ0) is 33.8. The van der Waals surface area contributed by atoms with Gasteiger partial charge in [0.15, 0.2) is 0 Å². The van der Waals surface area contributed by atoms with Gasteiger partial charge in [0.25, 0.3) is 0 Å². The molecule has 0 bridgehead atoms. The van der Waals surface area contributed by atoms with Gasteiger partial charge < -0.3 is 9.13 Å². The second-order valence-electron chi connectivity index (χ2n) is 12.3. The smallest absolute Gasteiger partial charge is 0.0998 e. The molecule has 9 aromatic rings. The van der Waals surface area contributed by atoms with Crippen molar-refractivity contribution in [3.8, 4) is 51.8 Å². The molecule has 0 aliphatic carbocycles. The summed E-state index contributed by atoms with van der Waals surface area (Å²) in [7, 11) is 0. The summed E-state index contributed by atoms with van der Waals surface area (Å²) in [5.41, 5.74) is 10.7. The molecule has 0 fully saturated rings. The number of rotatable bonds is 4. The maximum Gasteiger partial charge on any atom is 0.0998 e. The van der Waals surface area contributed by atoms with Crippen LogP contribution in [0.1, 0.15) is 16.7 Å². The number of fused-ring (bicyclic) bond motifs is 6. The van der Waals surface area contributed by atoms with Crippen molar-refractivity contribution in [2.24, 2.45) is 0 Å². The van der Waals surface area contributed by atoms with Crippen molar-refractivity contribution in [2.75, 3.05) is 0 Å². The largest absolute Gasteiger partial charge is 0.309 e. The Morgan fingerprint density at radius 2 is 0.920 bits per heavy atom. The fraction of sp³-hybridized carbons (Fsp3) is 0. The highest BCUT2D eigenvalue weighted by Gasteiger charge is 2.20. The van der Waals surface area contributed by atoms with Gasteiger partial charge in [0.2, 0.25) is 0 Å². The number of aromatic nitrogens is 2. The Morgan fingerprint density at radius 1 is 0.400 bits per heavy atom. The van der Waals surface area contributed by atoms with Crippen LogP contribution in [0.15, 0.2) is 152 Å². The predicted octanol–water partition coefficient (Wildman–Crippen LogP) is 10.8. The quantitative estimate of drug-likeness (QED) is 0.193. The standard InChI is InChI=1S/C45H25N5/c46-26-29-17-22-44-39(23-29)38-12-4-8-16-43(38)50(44)40-13-5-1-9-35(40)31-24-32(27-47)45(33(25-31)28-48)30-18-20-34(21-19-30)49-41-14-6-2-10-36(41)37-11-3-7-15-42(37)49/h1-25H. The predicted molar refractivity (Wildman–Crippen MR) is 200 cm³/mol. The molecule has 0 N–H and O–H groups in total. The lowest BCUT2D eigenvalue weighted by molar-refractivity contribution is 1.18. The van der Waals surface area contributed by atoms with Gasteiger partial charge in [-0.3, -0.25) is 0 Å². The number of para-hydroxylation sites is 4. The summed E-state index contributed by atoms with van der Waals surface area (Å²) in [6.45, 7) is 0. The molecule has 0 atom stereocenters. The summed E-state index contributed by atoms with van der Waals surface area (Å²) in [6, 6.07) is 57.7. The highest BCUT2D eigenvalue weighted by atomic mass is 15.0. The molecule has 0 spiro atoms. The zero-order valence-corrected chi connectivity index (χ0v) is 26.7. The van der Waals surface area contributed by atoms with E-state index in [-0.39, 0.29) is 0 Å². The molecule has 2 aromatic heterocycles. The Balaban J connectivity index is 1.19. The lowest BCUT2D eigenvalue weighted by Crippen LogP contribution is -1.99. The van der Waals surface area contributed by atoms with E-state index in [4.69, 9.17) is 0 Å². The van der Waals surface area contributed by atoms with Crippen LogP contribution in [0.4, 0.5) is 0 Å². The van der Waals surface area contributed by atoms with E-state index < -0.39 is 0 Å². The molecule has 5 nitrogen and oxygen atoms in total. The molecule has 0 saturated heterocycles. The lowest BCUT2D eigenvalue weighted by Gasteiger charge is -2.16. The number of benzene rings is 7. The molecule has 0 amide bonds. The Bertz CT molecular complexity index is 2870. The van der Waals surface area contributed by atoms with Crippen molar-refractivity contribution in [2.45, 2.75) is 0 Å². The molecule has 0 saturated carbocycles. The molecule has 7 aromatic carbocycles. The van der Waals surface area contributed by atoms with E-state index >= 15 is 0 Å². The summed E-state index contributed by atoms with van der Waals surface area (Å²) in [5, 5.41) is 35.0. The van der Waals surface area contributed by atoms with Gasteiger partial charge in [0, 0.05) is 38.4 Å². The van der Waals surface area contributed by atoms with Crippen LogP contribution in [0.3, 0.4) is 0 Å². The summed E-state index contributed by atoms with van der Waals surface area (Å²) in [5.74, 6) is 0.